The molecule has 0 saturated heterocycles. The Kier molecular flexibility index (Phi) is 2.67. The van der Waals surface area contributed by atoms with Crippen molar-refractivity contribution in [1.82, 2.24) is 0 Å². The van der Waals surface area contributed by atoms with Crippen molar-refractivity contribution in [3.8, 4) is 11.1 Å². The zero-order valence-corrected chi connectivity index (χ0v) is 12.6. The van der Waals surface area contributed by atoms with Gasteiger partial charge in [-0.3, -0.25) is 0 Å². The second-order valence-corrected chi connectivity index (χ2v) is 6.46. The van der Waals surface area contributed by atoms with Crippen molar-refractivity contribution in [2.45, 2.75) is 26.1 Å². The molecular formula is C16H16BBr. The summed E-state index contributed by atoms with van der Waals surface area (Å²) in [6.07, 6.45) is 0. The van der Waals surface area contributed by atoms with Gasteiger partial charge in [-0.2, -0.15) is 0 Å². The van der Waals surface area contributed by atoms with Gasteiger partial charge in [0.15, 0.2) is 7.28 Å². The van der Waals surface area contributed by atoms with Gasteiger partial charge in [-0.15, -0.1) is 0 Å². The summed E-state index contributed by atoms with van der Waals surface area (Å²) in [6, 6.07) is 13.6. The van der Waals surface area contributed by atoms with E-state index in [0.29, 0.717) is 0 Å². The molecule has 0 fully saturated rings. The SMILES string of the molecule is CBc1ccc2c(c1)C(C)(C)c1cc(Br)ccc1-2. The van der Waals surface area contributed by atoms with Crippen LogP contribution in [0.3, 0.4) is 0 Å². The molecule has 2 heteroatoms. The van der Waals surface area contributed by atoms with Crippen LogP contribution in [0.1, 0.15) is 25.0 Å². The molecule has 18 heavy (non-hydrogen) atoms. The van der Waals surface area contributed by atoms with E-state index in [1.165, 1.54) is 27.7 Å². The van der Waals surface area contributed by atoms with Gasteiger partial charge in [0, 0.05) is 9.89 Å². The molecule has 0 amide bonds. The highest BCUT2D eigenvalue weighted by Gasteiger charge is 2.35. The summed E-state index contributed by atoms with van der Waals surface area (Å²) in [4.78, 5) is 0. The van der Waals surface area contributed by atoms with Gasteiger partial charge >= 0.3 is 0 Å². The summed E-state index contributed by atoms with van der Waals surface area (Å²) in [5.74, 6) is 0. The van der Waals surface area contributed by atoms with E-state index in [4.69, 9.17) is 0 Å². The topological polar surface area (TPSA) is 0 Å². The zero-order valence-electron chi connectivity index (χ0n) is 11.0. The van der Waals surface area contributed by atoms with Crippen molar-refractivity contribution >= 4 is 28.7 Å². The van der Waals surface area contributed by atoms with Crippen LogP contribution in [0.4, 0.5) is 0 Å². The Labute approximate surface area is 118 Å². The maximum absolute atomic E-state index is 3.59. The van der Waals surface area contributed by atoms with Gasteiger partial charge in [0.2, 0.25) is 0 Å². The first-order chi connectivity index (χ1) is 8.54. The molecule has 0 spiro atoms. The van der Waals surface area contributed by atoms with Crippen molar-refractivity contribution in [2.75, 3.05) is 0 Å². The first kappa shape index (κ1) is 12.0. The summed E-state index contributed by atoms with van der Waals surface area (Å²) in [6.45, 7) is 6.86. The van der Waals surface area contributed by atoms with E-state index >= 15 is 0 Å². The summed E-state index contributed by atoms with van der Waals surface area (Å²) in [7, 11) is 1.10. The number of hydrogen-bond acceptors (Lipinski definition) is 0. The maximum Gasteiger partial charge on any atom is 0.154 e. The second kappa shape index (κ2) is 3.99. The predicted molar refractivity (Wildman–Crippen MR) is 84.4 cm³/mol. The Morgan fingerprint density at radius 3 is 2.22 bits per heavy atom. The second-order valence-electron chi connectivity index (χ2n) is 5.55. The number of fused-ring (bicyclic) bond motifs is 3. The molecule has 0 saturated carbocycles. The molecule has 0 bridgehead atoms. The van der Waals surface area contributed by atoms with Crippen molar-refractivity contribution in [1.29, 1.82) is 0 Å². The third-order valence-corrected chi connectivity index (χ3v) is 4.60. The van der Waals surface area contributed by atoms with Gasteiger partial charge in [0.1, 0.15) is 0 Å². The Hall–Kier alpha value is -1.02. The van der Waals surface area contributed by atoms with Crippen LogP contribution in [0.5, 0.6) is 0 Å². The minimum atomic E-state index is 0.111. The van der Waals surface area contributed by atoms with Crippen molar-refractivity contribution in [3.05, 3.63) is 52.0 Å². The largest absolute Gasteiger partial charge is 0.154 e. The molecule has 90 valence electrons. The fraction of sp³-hybridized carbons (Fsp3) is 0.250. The third kappa shape index (κ3) is 1.59. The Bertz CT molecular complexity index is 629. The lowest BCUT2D eigenvalue weighted by Crippen LogP contribution is -2.19. The van der Waals surface area contributed by atoms with Gasteiger partial charge in [0.25, 0.3) is 0 Å². The smallest absolute Gasteiger partial charge is 0.0849 e. The average Bonchev–Trinajstić information content (AvgIpc) is 2.58. The molecule has 0 heterocycles. The summed E-state index contributed by atoms with van der Waals surface area (Å²) in [5.41, 5.74) is 7.23. The molecule has 1 aliphatic rings. The van der Waals surface area contributed by atoms with Gasteiger partial charge in [-0.1, -0.05) is 66.3 Å². The lowest BCUT2D eigenvalue weighted by Gasteiger charge is -2.22. The Morgan fingerprint density at radius 1 is 0.944 bits per heavy atom. The maximum atomic E-state index is 3.59. The Balaban J connectivity index is 2.31. The molecule has 1 aliphatic carbocycles. The normalized spacial score (nSPS) is 15.1. The van der Waals surface area contributed by atoms with Crippen LogP contribution in [0, 0.1) is 0 Å². The monoisotopic (exact) mass is 298 g/mol. The summed E-state index contributed by atoms with van der Waals surface area (Å²) >= 11 is 3.59. The van der Waals surface area contributed by atoms with Gasteiger partial charge in [0.05, 0.1) is 0 Å². The minimum absolute atomic E-state index is 0.111. The molecule has 0 aromatic heterocycles. The predicted octanol–water partition coefficient (Wildman–Crippen LogP) is 3.87. The van der Waals surface area contributed by atoms with E-state index < -0.39 is 0 Å². The van der Waals surface area contributed by atoms with Gasteiger partial charge < -0.3 is 0 Å². The highest BCUT2D eigenvalue weighted by molar-refractivity contribution is 9.10. The van der Waals surface area contributed by atoms with Crippen LogP contribution >= 0.6 is 15.9 Å². The Morgan fingerprint density at radius 2 is 1.56 bits per heavy atom. The molecule has 2 aromatic rings. The minimum Gasteiger partial charge on any atom is -0.0849 e. The third-order valence-electron chi connectivity index (χ3n) is 4.11. The van der Waals surface area contributed by atoms with Crippen LogP contribution in [-0.4, -0.2) is 7.28 Å². The van der Waals surface area contributed by atoms with Gasteiger partial charge in [-0.05, 0) is 34.4 Å². The van der Waals surface area contributed by atoms with Crippen LogP contribution in [-0.2, 0) is 5.41 Å². The highest BCUT2D eigenvalue weighted by atomic mass is 79.9. The molecule has 0 N–H and O–H groups in total. The van der Waals surface area contributed by atoms with Crippen molar-refractivity contribution < 1.29 is 0 Å². The van der Waals surface area contributed by atoms with Crippen molar-refractivity contribution in [2.24, 2.45) is 0 Å². The fourth-order valence-electron chi connectivity index (χ4n) is 2.98. The average molecular weight is 299 g/mol. The van der Waals surface area contributed by atoms with Crippen LogP contribution in [0.25, 0.3) is 11.1 Å². The van der Waals surface area contributed by atoms with Crippen LogP contribution < -0.4 is 5.46 Å². The summed E-state index contributed by atoms with van der Waals surface area (Å²) < 4.78 is 1.16. The molecular weight excluding hydrogens is 283 g/mol. The molecule has 0 atom stereocenters. The molecule has 0 unspecified atom stereocenters. The molecule has 2 aromatic carbocycles. The number of hydrogen-bond donors (Lipinski definition) is 0. The first-order valence-electron chi connectivity index (χ1n) is 6.48. The zero-order chi connectivity index (χ0) is 12.9. The van der Waals surface area contributed by atoms with Crippen LogP contribution in [0.2, 0.25) is 6.82 Å². The summed E-state index contributed by atoms with van der Waals surface area (Å²) in [5, 5.41) is 0. The lowest BCUT2D eigenvalue weighted by molar-refractivity contribution is 0.660. The van der Waals surface area contributed by atoms with E-state index in [1.807, 2.05) is 0 Å². The van der Waals surface area contributed by atoms with Crippen molar-refractivity contribution in [3.63, 3.8) is 0 Å². The number of halogens is 1. The molecule has 0 nitrogen and oxygen atoms in total. The molecule has 0 aliphatic heterocycles. The fourth-order valence-corrected chi connectivity index (χ4v) is 3.34. The molecule has 3 rings (SSSR count). The standard InChI is InChI=1S/C16H16BBr/c1-16(2)14-8-10(17-3)4-6-12(14)13-7-5-11(18)9-15(13)16/h4-9,17H,1-3H3. The van der Waals surface area contributed by atoms with Crippen LogP contribution in [0.15, 0.2) is 40.9 Å². The van der Waals surface area contributed by atoms with E-state index in [1.54, 1.807) is 0 Å². The number of rotatable bonds is 1. The lowest BCUT2D eigenvalue weighted by atomic mass is 9.71. The van der Waals surface area contributed by atoms with E-state index in [2.05, 4.69) is 73.0 Å². The van der Waals surface area contributed by atoms with E-state index in [0.717, 1.165) is 11.8 Å². The van der Waals surface area contributed by atoms with Gasteiger partial charge in [-0.25, -0.2) is 0 Å². The van der Waals surface area contributed by atoms with E-state index in [-0.39, 0.29) is 5.41 Å². The highest BCUT2D eigenvalue weighted by Crippen LogP contribution is 2.48. The van der Waals surface area contributed by atoms with E-state index in [9.17, 15) is 0 Å². The number of benzene rings is 2. The first-order valence-corrected chi connectivity index (χ1v) is 7.27. The molecule has 0 radical (unpaired) electrons. The quantitative estimate of drug-likeness (QED) is 0.701.